The van der Waals surface area contributed by atoms with E-state index in [1.807, 2.05) is 0 Å². The minimum absolute atomic E-state index is 0.0425. The predicted octanol–water partition coefficient (Wildman–Crippen LogP) is 1.13. The maximum Gasteiger partial charge on any atom is 0.313 e. The molecule has 0 aliphatic rings. The van der Waals surface area contributed by atoms with E-state index in [1.54, 1.807) is 39.2 Å². The molecule has 0 aromatic heterocycles. The third-order valence-electron chi connectivity index (χ3n) is 2.59. The first-order chi connectivity index (χ1) is 8.43. The SMILES string of the molecule is CC(C(=O)OCC(=O)N(C)C)c1ccccc1O. The smallest absolute Gasteiger partial charge is 0.313 e. The second-order valence-electron chi connectivity index (χ2n) is 4.18. The van der Waals surface area contributed by atoms with Crippen LogP contribution in [0.3, 0.4) is 0 Å². The topological polar surface area (TPSA) is 66.8 Å². The van der Waals surface area contributed by atoms with Crippen LogP contribution in [0.4, 0.5) is 0 Å². The predicted molar refractivity (Wildman–Crippen MR) is 66.2 cm³/mol. The van der Waals surface area contributed by atoms with Gasteiger partial charge in [0.1, 0.15) is 5.75 Å². The summed E-state index contributed by atoms with van der Waals surface area (Å²) < 4.78 is 4.90. The monoisotopic (exact) mass is 251 g/mol. The van der Waals surface area contributed by atoms with E-state index in [-0.39, 0.29) is 18.3 Å². The quantitative estimate of drug-likeness (QED) is 0.814. The van der Waals surface area contributed by atoms with Crippen LogP contribution in [0.25, 0.3) is 0 Å². The van der Waals surface area contributed by atoms with E-state index < -0.39 is 11.9 Å². The first kappa shape index (κ1) is 14.0. The van der Waals surface area contributed by atoms with Gasteiger partial charge in [0.25, 0.3) is 5.91 Å². The summed E-state index contributed by atoms with van der Waals surface area (Å²) in [5, 5.41) is 9.61. The number of esters is 1. The summed E-state index contributed by atoms with van der Waals surface area (Å²) in [4.78, 5) is 24.3. The molecule has 5 nitrogen and oxygen atoms in total. The lowest BCUT2D eigenvalue weighted by atomic mass is 10.0. The van der Waals surface area contributed by atoms with Crippen LogP contribution in [0, 0.1) is 0 Å². The van der Waals surface area contributed by atoms with Crippen molar-refractivity contribution in [1.29, 1.82) is 0 Å². The second-order valence-corrected chi connectivity index (χ2v) is 4.18. The zero-order valence-electron chi connectivity index (χ0n) is 10.7. The lowest BCUT2D eigenvalue weighted by Gasteiger charge is -2.14. The Balaban J connectivity index is 2.63. The van der Waals surface area contributed by atoms with Crippen molar-refractivity contribution in [3.05, 3.63) is 29.8 Å². The molecule has 0 spiro atoms. The van der Waals surface area contributed by atoms with Crippen molar-refractivity contribution in [1.82, 2.24) is 4.90 Å². The van der Waals surface area contributed by atoms with Gasteiger partial charge in [-0.15, -0.1) is 0 Å². The number of nitrogens with zero attached hydrogens (tertiary/aromatic N) is 1. The third-order valence-corrected chi connectivity index (χ3v) is 2.59. The van der Waals surface area contributed by atoms with Crippen LogP contribution < -0.4 is 0 Å². The number of aromatic hydroxyl groups is 1. The van der Waals surface area contributed by atoms with Gasteiger partial charge in [-0.05, 0) is 13.0 Å². The number of phenols is 1. The Hall–Kier alpha value is -2.04. The molecule has 18 heavy (non-hydrogen) atoms. The molecule has 1 aromatic rings. The average Bonchev–Trinajstić information content (AvgIpc) is 2.35. The van der Waals surface area contributed by atoms with Crippen LogP contribution in [-0.2, 0) is 14.3 Å². The van der Waals surface area contributed by atoms with E-state index in [4.69, 9.17) is 4.74 Å². The molecule has 0 fully saturated rings. The van der Waals surface area contributed by atoms with E-state index in [0.29, 0.717) is 5.56 Å². The van der Waals surface area contributed by atoms with Gasteiger partial charge in [0.05, 0.1) is 5.92 Å². The number of amides is 1. The molecular formula is C13H17NO4. The lowest BCUT2D eigenvalue weighted by molar-refractivity contribution is -0.152. The first-order valence-corrected chi connectivity index (χ1v) is 5.58. The average molecular weight is 251 g/mol. The lowest BCUT2D eigenvalue weighted by Crippen LogP contribution is -2.28. The number of para-hydroxylation sites is 1. The maximum absolute atomic E-state index is 11.7. The Morgan fingerprint density at radius 1 is 1.33 bits per heavy atom. The van der Waals surface area contributed by atoms with E-state index in [9.17, 15) is 14.7 Å². The van der Waals surface area contributed by atoms with E-state index >= 15 is 0 Å². The molecule has 0 heterocycles. The zero-order chi connectivity index (χ0) is 13.7. The molecule has 0 bridgehead atoms. The summed E-state index contributed by atoms with van der Waals surface area (Å²) in [6, 6.07) is 6.55. The molecule has 0 radical (unpaired) electrons. The van der Waals surface area contributed by atoms with Gasteiger partial charge in [-0.25, -0.2) is 0 Å². The number of phenolic OH excluding ortho intramolecular Hbond substituents is 1. The number of carbonyl (C=O) groups excluding carboxylic acids is 2. The van der Waals surface area contributed by atoms with Gasteiger partial charge in [-0.3, -0.25) is 9.59 Å². The Bertz CT molecular complexity index is 442. The van der Waals surface area contributed by atoms with Gasteiger partial charge in [-0.2, -0.15) is 0 Å². The fourth-order valence-corrected chi connectivity index (χ4v) is 1.37. The van der Waals surface area contributed by atoms with Gasteiger partial charge in [0, 0.05) is 19.7 Å². The number of ether oxygens (including phenoxy) is 1. The summed E-state index contributed by atoms with van der Waals surface area (Å²) in [5.74, 6) is -1.39. The number of hydrogen-bond acceptors (Lipinski definition) is 4. The number of benzene rings is 1. The van der Waals surface area contributed by atoms with Crippen molar-refractivity contribution in [2.45, 2.75) is 12.8 Å². The van der Waals surface area contributed by atoms with E-state index in [2.05, 4.69) is 0 Å². The van der Waals surface area contributed by atoms with Crippen molar-refractivity contribution < 1.29 is 19.4 Å². The van der Waals surface area contributed by atoms with Crippen LogP contribution in [0.5, 0.6) is 5.75 Å². The van der Waals surface area contributed by atoms with Crippen LogP contribution in [0.1, 0.15) is 18.4 Å². The molecule has 1 amide bonds. The van der Waals surface area contributed by atoms with Crippen molar-refractivity contribution in [3.8, 4) is 5.75 Å². The Morgan fingerprint density at radius 2 is 1.94 bits per heavy atom. The molecule has 5 heteroatoms. The Labute approximate surface area is 106 Å². The molecule has 1 unspecified atom stereocenters. The fraction of sp³-hybridized carbons (Fsp3) is 0.385. The highest BCUT2D eigenvalue weighted by Crippen LogP contribution is 2.25. The maximum atomic E-state index is 11.7. The van der Waals surface area contributed by atoms with Crippen molar-refractivity contribution >= 4 is 11.9 Å². The van der Waals surface area contributed by atoms with Crippen molar-refractivity contribution in [3.63, 3.8) is 0 Å². The van der Waals surface area contributed by atoms with E-state index in [1.165, 1.54) is 11.0 Å². The highest BCUT2D eigenvalue weighted by molar-refractivity contribution is 5.83. The largest absolute Gasteiger partial charge is 0.508 e. The highest BCUT2D eigenvalue weighted by atomic mass is 16.5. The summed E-state index contributed by atoms with van der Waals surface area (Å²) in [7, 11) is 3.17. The van der Waals surface area contributed by atoms with Gasteiger partial charge in [-0.1, -0.05) is 18.2 Å². The Morgan fingerprint density at radius 3 is 2.50 bits per heavy atom. The van der Waals surface area contributed by atoms with Crippen molar-refractivity contribution in [2.75, 3.05) is 20.7 Å². The number of rotatable bonds is 4. The summed E-state index contributed by atoms with van der Waals surface area (Å²) in [6.07, 6.45) is 0. The van der Waals surface area contributed by atoms with Crippen LogP contribution in [0.2, 0.25) is 0 Å². The molecule has 1 rings (SSSR count). The second kappa shape index (κ2) is 6.05. The molecule has 0 saturated heterocycles. The van der Waals surface area contributed by atoms with Crippen LogP contribution >= 0.6 is 0 Å². The van der Waals surface area contributed by atoms with Crippen LogP contribution in [-0.4, -0.2) is 42.6 Å². The number of carbonyl (C=O) groups is 2. The first-order valence-electron chi connectivity index (χ1n) is 5.58. The minimum Gasteiger partial charge on any atom is -0.508 e. The number of hydrogen-bond donors (Lipinski definition) is 1. The van der Waals surface area contributed by atoms with Gasteiger partial charge < -0.3 is 14.7 Å². The Kier molecular flexibility index (Phi) is 4.71. The molecule has 1 aromatic carbocycles. The number of likely N-dealkylation sites (N-methyl/N-ethyl adjacent to an activating group) is 1. The molecule has 0 saturated carbocycles. The highest BCUT2D eigenvalue weighted by Gasteiger charge is 2.20. The fourth-order valence-electron chi connectivity index (χ4n) is 1.37. The molecule has 0 aliphatic heterocycles. The van der Waals surface area contributed by atoms with Crippen molar-refractivity contribution in [2.24, 2.45) is 0 Å². The van der Waals surface area contributed by atoms with Gasteiger partial charge >= 0.3 is 5.97 Å². The van der Waals surface area contributed by atoms with Gasteiger partial charge in [0.15, 0.2) is 6.61 Å². The molecular weight excluding hydrogens is 234 g/mol. The summed E-state index contributed by atoms with van der Waals surface area (Å²) in [6.45, 7) is 1.33. The summed E-state index contributed by atoms with van der Waals surface area (Å²) in [5.41, 5.74) is 0.486. The zero-order valence-corrected chi connectivity index (χ0v) is 10.7. The van der Waals surface area contributed by atoms with Gasteiger partial charge in [0.2, 0.25) is 0 Å². The molecule has 98 valence electrons. The third kappa shape index (κ3) is 3.48. The molecule has 1 atom stereocenters. The minimum atomic E-state index is -0.610. The molecule has 1 N–H and O–H groups in total. The molecule has 0 aliphatic carbocycles. The van der Waals surface area contributed by atoms with E-state index in [0.717, 1.165) is 0 Å². The standard InChI is InChI=1S/C13H17NO4/c1-9(10-6-4-5-7-11(10)15)13(17)18-8-12(16)14(2)3/h4-7,9,15H,8H2,1-3H3. The summed E-state index contributed by atoms with van der Waals surface area (Å²) >= 11 is 0. The van der Waals surface area contributed by atoms with Crippen LogP contribution in [0.15, 0.2) is 24.3 Å². The normalized spacial score (nSPS) is 11.7.